The number of benzene rings is 1. The van der Waals surface area contributed by atoms with E-state index < -0.39 is 0 Å². The molecule has 0 unspecified atom stereocenters. The largest absolute Gasteiger partial charge is 0.348 e. The molecule has 31 heavy (non-hydrogen) atoms. The molecule has 166 valence electrons. The zero-order chi connectivity index (χ0) is 22.2. The smallest absolute Gasteiger partial charge is 0.272 e. The van der Waals surface area contributed by atoms with Crippen molar-refractivity contribution in [2.24, 2.45) is 5.41 Å². The molecule has 2 aliphatic rings. The highest BCUT2D eigenvalue weighted by Gasteiger charge is 2.32. The second-order valence-electron chi connectivity index (χ2n) is 9.66. The summed E-state index contributed by atoms with van der Waals surface area (Å²) in [5, 5.41) is 7.79. The molecule has 1 fully saturated rings. The Kier molecular flexibility index (Phi) is 5.86. The highest BCUT2D eigenvalue weighted by atomic mass is 19.1. The molecule has 1 N–H and O–H groups in total. The normalized spacial score (nSPS) is 17.4. The van der Waals surface area contributed by atoms with Crippen molar-refractivity contribution in [3.05, 3.63) is 47.0 Å². The maximum atomic E-state index is 13.4. The number of hydrogen-bond donors (Lipinski definition) is 1. The second kappa shape index (κ2) is 8.44. The molecule has 6 nitrogen and oxygen atoms in total. The summed E-state index contributed by atoms with van der Waals surface area (Å²) >= 11 is 0. The predicted molar refractivity (Wildman–Crippen MR) is 117 cm³/mol. The first-order chi connectivity index (χ1) is 14.7. The van der Waals surface area contributed by atoms with Gasteiger partial charge in [-0.15, -0.1) is 0 Å². The predicted octanol–water partition coefficient (Wildman–Crippen LogP) is 3.66. The monoisotopic (exact) mass is 426 g/mol. The van der Waals surface area contributed by atoms with Gasteiger partial charge in [-0.2, -0.15) is 5.10 Å². The van der Waals surface area contributed by atoms with Gasteiger partial charge in [0.05, 0.1) is 5.69 Å². The third-order valence-electron chi connectivity index (χ3n) is 6.23. The number of aromatic nitrogens is 2. The molecule has 2 amide bonds. The zero-order valence-corrected chi connectivity index (χ0v) is 18.6. The molecule has 2 heterocycles. The quantitative estimate of drug-likeness (QED) is 0.815. The van der Waals surface area contributed by atoms with Crippen LogP contribution in [0.2, 0.25) is 0 Å². The fourth-order valence-corrected chi connectivity index (χ4v) is 4.53. The summed E-state index contributed by atoms with van der Waals surface area (Å²) in [6.07, 6.45) is 5.28. The minimum absolute atomic E-state index is 0.0340. The fraction of sp³-hybridized carbons (Fsp3) is 0.542. The van der Waals surface area contributed by atoms with Crippen molar-refractivity contribution in [1.82, 2.24) is 20.0 Å². The van der Waals surface area contributed by atoms with Gasteiger partial charge in [0.15, 0.2) is 5.69 Å². The van der Waals surface area contributed by atoms with Crippen LogP contribution in [-0.2, 0) is 17.6 Å². The minimum atomic E-state index is -0.387. The molecule has 0 bridgehead atoms. The fourth-order valence-electron chi connectivity index (χ4n) is 4.53. The summed E-state index contributed by atoms with van der Waals surface area (Å²) in [7, 11) is 0. The third-order valence-corrected chi connectivity index (χ3v) is 6.23. The Labute approximate surface area is 182 Å². The molecule has 0 saturated carbocycles. The van der Waals surface area contributed by atoms with Gasteiger partial charge in [-0.05, 0) is 62.8 Å². The van der Waals surface area contributed by atoms with E-state index in [0.29, 0.717) is 18.8 Å². The molecule has 1 saturated heterocycles. The SMILES string of the molecule is CC(C)(C)C(=O)N1CCC(NC(=O)c2nn(-c3ccc(F)cc3)c3c2CCCC3)CC1. The van der Waals surface area contributed by atoms with Crippen LogP contribution in [0.25, 0.3) is 5.69 Å². The Hall–Kier alpha value is -2.70. The van der Waals surface area contributed by atoms with Crippen LogP contribution in [0.3, 0.4) is 0 Å². The minimum Gasteiger partial charge on any atom is -0.348 e. The summed E-state index contributed by atoms with van der Waals surface area (Å²) in [6, 6.07) is 6.26. The van der Waals surface area contributed by atoms with Gasteiger partial charge in [-0.25, -0.2) is 9.07 Å². The topological polar surface area (TPSA) is 67.2 Å². The number of nitrogens with zero attached hydrogens (tertiary/aromatic N) is 3. The first-order valence-corrected chi connectivity index (χ1v) is 11.2. The van der Waals surface area contributed by atoms with Gasteiger partial charge < -0.3 is 10.2 Å². The molecule has 7 heteroatoms. The molecular formula is C24H31FN4O2. The van der Waals surface area contributed by atoms with E-state index in [1.807, 2.05) is 25.7 Å². The highest BCUT2D eigenvalue weighted by Crippen LogP contribution is 2.28. The van der Waals surface area contributed by atoms with E-state index in [2.05, 4.69) is 10.4 Å². The Bertz CT molecular complexity index is 967. The Morgan fingerprint density at radius 3 is 2.35 bits per heavy atom. The van der Waals surface area contributed by atoms with Gasteiger partial charge in [0.2, 0.25) is 5.91 Å². The van der Waals surface area contributed by atoms with Gasteiger partial charge >= 0.3 is 0 Å². The van der Waals surface area contributed by atoms with Gasteiger partial charge in [-0.3, -0.25) is 9.59 Å². The lowest BCUT2D eigenvalue weighted by Crippen LogP contribution is -2.49. The number of carbonyl (C=O) groups is 2. The maximum Gasteiger partial charge on any atom is 0.272 e. The van der Waals surface area contributed by atoms with E-state index >= 15 is 0 Å². The molecule has 2 aromatic rings. The van der Waals surface area contributed by atoms with Crippen molar-refractivity contribution in [1.29, 1.82) is 0 Å². The van der Waals surface area contributed by atoms with Gasteiger partial charge in [0.1, 0.15) is 5.82 Å². The van der Waals surface area contributed by atoms with Crippen molar-refractivity contribution in [3.8, 4) is 5.69 Å². The van der Waals surface area contributed by atoms with E-state index in [4.69, 9.17) is 0 Å². The van der Waals surface area contributed by atoms with E-state index in [1.54, 1.807) is 16.8 Å². The van der Waals surface area contributed by atoms with Crippen molar-refractivity contribution in [3.63, 3.8) is 0 Å². The van der Waals surface area contributed by atoms with E-state index in [1.165, 1.54) is 12.1 Å². The van der Waals surface area contributed by atoms with Crippen LogP contribution in [0.1, 0.15) is 68.2 Å². The number of piperidine rings is 1. The standard InChI is InChI=1S/C24H31FN4O2/c1-24(2,3)23(31)28-14-12-17(13-15-28)26-22(30)21-19-6-4-5-7-20(19)29(27-21)18-10-8-16(25)9-11-18/h8-11,17H,4-7,12-15H2,1-3H3,(H,26,30). The lowest BCUT2D eigenvalue weighted by atomic mass is 9.92. The molecule has 1 aromatic carbocycles. The zero-order valence-electron chi connectivity index (χ0n) is 18.6. The molecule has 4 rings (SSSR count). The van der Waals surface area contributed by atoms with Crippen LogP contribution < -0.4 is 5.32 Å². The lowest BCUT2D eigenvalue weighted by Gasteiger charge is -2.35. The summed E-state index contributed by atoms with van der Waals surface area (Å²) in [4.78, 5) is 27.5. The number of nitrogens with one attached hydrogen (secondary N) is 1. The van der Waals surface area contributed by atoms with E-state index in [9.17, 15) is 14.0 Å². The molecule has 0 spiro atoms. The number of amides is 2. The molecule has 1 aliphatic carbocycles. The molecular weight excluding hydrogens is 395 g/mol. The number of rotatable bonds is 3. The van der Waals surface area contributed by atoms with Crippen LogP contribution in [0.5, 0.6) is 0 Å². The molecule has 1 aliphatic heterocycles. The van der Waals surface area contributed by atoms with Crippen LogP contribution in [0, 0.1) is 11.2 Å². The Morgan fingerprint density at radius 1 is 1.06 bits per heavy atom. The van der Waals surface area contributed by atoms with Crippen molar-refractivity contribution in [2.45, 2.75) is 65.3 Å². The van der Waals surface area contributed by atoms with Crippen molar-refractivity contribution >= 4 is 11.8 Å². The summed E-state index contributed by atoms with van der Waals surface area (Å²) in [6.45, 7) is 7.11. The first-order valence-electron chi connectivity index (χ1n) is 11.2. The molecule has 0 atom stereocenters. The molecule has 0 radical (unpaired) electrons. The van der Waals surface area contributed by atoms with Crippen molar-refractivity contribution in [2.75, 3.05) is 13.1 Å². The Morgan fingerprint density at radius 2 is 1.71 bits per heavy atom. The number of likely N-dealkylation sites (tertiary alicyclic amines) is 1. The summed E-state index contributed by atoms with van der Waals surface area (Å²) in [5.41, 5.74) is 2.92. The first kappa shape index (κ1) is 21.5. The average molecular weight is 427 g/mol. The van der Waals surface area contributed by atoms with Gasteiger partial charge in [-0.1, -0.05) is 20.8 Å². The van der Waals surface area contributed by atoms with Crippen LogP contribution in [0.4, 0.5) is 4.39 Å². The van der Waals surface area contributed by atoms with Crippen LogP contribution in [0.15, 0.2) is 24.3 Å². The number of hydrogen-bond acceptors (Lipinski definition) is 3. The third kappa shape index (κ3) is 4.50. The van der Waals surface area contributed by atoms with Crippen LogP contribution in [-0.4, -0.2) is 45.6 Å². The van der Waals surface area contributed by atoms with Crippen molar-refractivity contribution < 1.29 is 14.0 Å². The van der Waals surface area contributed by atoms with E-state index in [-0.39, 0.29) is 29.1 Å². The number of halogens is 1. The van der Waals surface area contributed by atoms with E-state index in [0.717, 1.165) is 55.5 Å². The lowest BCUT2D eigenvalue weighted by molar-refractivity contribution is -0.140. The summed E-state index contributed by atoms with van der Waals surface area (Å²) < 4.78 is 15.2. The highest BCUT2D eigenvalue weighted by molar-refractivity contribution is 5.94. The average Bonchev–Trinajstić information content (AvgIpc) is 3.14. The second-order valence-corrected chi connectivity index (χ2v) is 9.66. The van der Waals surface area contributed by atoms with Crippen LogP contribution >= 0.6 is 0 Å². The van der Waals surface area contributed by atoms with Gasteiger partial charge in [0.25, 0.3) is 5.91 Å². The molecule has 1 aromatic heterocycles. The summed E-state index contributed by atoms with van der Waals surface area (Å²) in [5.74, 6) is -0.289. The number of carbonyl (C=O) groups excluding carboxylic acids is 2. The maximum absolute atomic E-state index is 13.4. The number of fused-ring (bicyclic) bond motifs is 1. The van der Waals surface area contributed by atoms with Gasteiger partial charge in [0, 0.05) is 35.8 Å². The Balaban J connectivity index is 1.48.